The van der Waals surface area contributed by atoms with E-state index in [4.69, 9.17) is 0 Å². The predicted octanol–water partition coefficient (Wildman–Crippen LogP) is 0.294. The minimum Gasteiger partial charge on any atom is -0.453 e. The van der Waals surface area contributed by atoms with Gasteiger partial charge in [0.2, 0.25) is 17.8 Å². The van der Waals surface area contributed by atoms with Crippen LogP contribution in [0, 0.1) is 0 Å². The molecule has 0 aromatic carbocycles. The number of methoxy groups -OCH3 is 2. The van der Waals surface area contributed by atoms with Gasteiger partial charge in [0.25, 0.3) is 0 Å². The molecule has 10 nitrogen and oxygen atoms in total. The lowest BCUT2D eigenvalue weighted by atomic mass is 10.7. The number of nitrogens with one attached hydrogen (secondary N) is 2. The maximum absolute atomic E-state index is 11.1. The van der Waals surface area contributed by atoms with Gasteiger partial charge in [-0.05, 0) is 0 Å². The Morgan fingerprint density at radius 3 is 1.68 bits per heavy atom. The van der Waals surface area contributed by atoms with Crippen LogP contribution in [0.2, 0.25) is 0 Å². The minimum atomic E-state index is -0.736. The number of carbonyl (C=O) groups excluding carboxylic acids is 2. The second-order valence-corrected chi connectivity index (χ2v) is 3.41. The van der Waals surface area contributed by atoms with Crippen LogP contribution in [0.4, 0.5) is 27.4 Å². The lowest BCUT2D eigenvalue weighted by Gasteiger charge is -2.12. The predicted molar refractivity (Wildman–Crippen MR) is 66.2 cm³/mol. The number of ether oxygens (including phenoxy) is 2. The SMILES string of the molecule is COC(=O)Nc1nc(NC(=O)OC)nc(N(C)C)n1. The molecule has 1 rings (SSSR count). The van der Waals surface area contributed by atoms with Crippen molar-refractivity contribution in [2.75, 3.05) is 43.8 Å². The molecule has 2 N–H and O–H groups in total. The summed E-state index contributed by atoms with van der Waals surface area (Å²) in [7, 11) is 5.80. The molecule has 0 aliphatic rings. The first-order valence-electron chi connectivity index (χ1n) is 5.09. The third kappa shape index (κ3) is 4.26. The maximum Gasteiger partial charge on any atom is 0.413 e. The molecule has 0 fully saturated rings. The Bertz CT molecular complexity index is 442. The smallest absolute Gasteiger partial charge is 0.413 e. The molecule has 10 heteroatoms. The van der Waals surface area contributed by atoms with Gasteiger partial charge in [-0.25, -0.2) is 9.59 Å². The van der Waals surface area contributed by atoms with Gasteiger partial charge in [0.15, 0.2) is 0 Å². The van der Waals surface area contributed by atoms with Gasteiger partial charge in [-0.15, -0.1) is 0 Å². The number of nitrogens with zero attached hydrogens (tertiary/aromatic N) is 4. The molecule has 1 heterocycles. The molecule has 0 atom stereocenters. The normalized spacial score (nSPS) is 9.47. The van der Waals surface area contributed by atoms with Crippen LogP contribution in [0.1, 0.15) is 0 Å². The van der Waals surface area contributed by atoms with Gasteiger partial charge >= 0.3 is 12.2 Å². The molecule has 0 aliphatic carbocycles. The van der Waals surface area contributed by atoms with Crippen LogP contribution in [0.3, 0.4) is 0 Å². The Hall–Kier alpha value is -2.65. The summed E-state index contributed by atoms with van der Waals surface area (Å²) in [5.74, 6) is 0.127. The summed E-state index contributed by atoms with van der Waals surface area (Å²) in [5.41, 5.74) is 0. The van der Waals surface area contributed by atoms with Crippen molar-refractivity contribution >= 4 is 30.0 Å². The van der Waals surface area contributed by atoms with E-state index >= 15 is 0 Å². The Morgan fingerprint density at radius 1 is 0.947 bits per heavy atom. The molecule has 0 spiro atoms. The van der Waals surface area contributed by atoms with E-state index in [0.29, 0.717) is 0 Å². The fraction of sp³-hybridized carbons (Fsp3) is 0.444. The van der Waals surface area contributed by atoms with Crippen molar-refractivity contribution < 1.29 is 19.1 Å². The second-order valence-electron chi connectivity index (χ2n) is 3.41. The molecule has 0 bridgehead atoms. The highest BCUT2D eigenvalue weighted by Crippen LogP contribution is 2.11. The van der Waals surface area contributed by atoms with Crippen LogP contribution in [0.25, 0.3) is 0 Å². The molecular weight excluding hydrogens is 256 g/mol. The van der Waals surface area contributed by atoms with Crippen molar-refractivity contribution in [2.24, 2.45) is 0 Å². The second kappa shape index (κ2) is 6.33. The van der Waals surface area contributed by atoms with E-state index in [-0.39, 0.29) is 17.8 Å². The summed E-state index contributed by atoms with van der Waals surface area (Å²) in [6, 6.07) is 0. The highest BCUT2D eigenvalue weighted by molar-refractivity contribution is 5.84. The van der Waals surface area contributed by atoms with Crippen LogP contribution in [-0.4, -0.2) is 55.5 Å². The summed E-state index contributed by atoms with van der Waals surface area (Å²) in [6.07, 6.45) is -1.47. The molecule has 0 aliphatic heterocycles. The van der Waals surface area contributed by atoms with E-state index in [1.165, 1.54) is 14.2 Å². The summed E-state index contributed by atoms with van der Waals surface area (Å²) in [6.45, 7) is 0. The summed E-state index contributed by atoms with van der Waals surface area (Å²) < 4.78 is 8.84. The standard InChI is InChI=1S/C9H14N6O4/c1-15(2)7-11-5(13-8(16)18-3)10-6(12-7)14-9(17)19-4/h1-4H3,(H2,10,11,12,13,14,16,17). The Morgan fingerprint density at radius 2 is 1.37 bits per heavy atom. The first-order valence-corrected chi connectivity index (χ1v) is 5.09. The van der Waals surface area contributed by atoms with Gasteiger partial charge in [-0.2, -0.15) is 15.0 Å². The first kappa shape index (κ1) is 14.4. The van der Waals surface area contributed by atoms with Gasteiger partial charge in [-0.3, -0.25) is 10.6 Å². The van der Waals surface area contributed by atoms with Crippen molar-refractivity contribution in [3.8, 4) is 0 Å². The van der Waals surface area contributed by atoms with E-state index in [2.05, 4.69) is 35.1 Å². The van der Waals surface area contributed by atoms with Crippen molar-refractivity contribution in [3.63, 3.8) is 0 Å². The van der Waals surface area contributed by atoms with Gasteiger partial charge in [0.05, 0.1) is 14.2 Å². The lowest BCUT2D eigenvalue weighted by Crippen LogP contribution is -2.21. The number of amides is 2. The number of anilines is 3. The van der Waals surface area contributed by atoms with E-state index in [0.717, 1.165) is 0 Å². The van der Waals surface area contributed by atoms with E-state index < -0.39 is 12.2 Å². The molecule has 0 saturated carbocycles. The van der Waals surface area contributed by atoms with Crippen molar-refractivity contribution in [3.05, 3.63) is 0 Å². The van der Waals surface area contributed by atoms with Crippen LogP contribution < -0.4 is 15.5 Å². The molecule has 1 aromatic heterocycles. The minimum absolute atomic E-state index is 0.0584. The van der Waals surface area contributed by atoms with Crippen molar-refractivity contribution in [1.29, 1.82) is 0 Å². The molecule has 0 unspecified atom stereocenters. The van der Waals surface area contributed by atoms with Gasteiger partial charge in [-0.1, -0.05) is 0 Å². The lowest BCUT2D eigenvalue weighted by molar-refractivity contribution is 0.186. The maximum atomic E-state index is 11.1. The molecule has 2 amide bonds. The number of carbonyl (C=O) groups is 2. The highest BCUT2D eigenvalue weighted by atomic mass is 16.5. The molecule has 0 radical (unpaired) electrons. The van der Waals surface area contributed by atoms with E-state index in [1.54, 1.807) is 19.0 Å². The Kier molecular flexibility index (Phi) is 4.80. The quantitative estimate of drug-likeness (QED) is 0.804. The van der Waals surface area contributed by atoms with Gasteiger partial charge < -0.3 is 14.4 Å². The zero-order valence-electron chi connectivity index (χ0n) is 10.9. The topological polar surface area (TPSA) is 119 Å². The Balaban J connectivity index is 3.03. The average Bonchev–Trinajstić information content (AvgIpc) is 2.37. The van der Waals surface area contributed by atoms with Crippen LogP contribution in [0.5, 0.6) is 0 Å². The first-order chi connectivity index (χ1) is 8.96. The van der Waals surface area contributed by atoms with E-state index in [9.17, 15) is 9.59 Å². The Labute approximate surface area is 109 Å². The fourth-order valence-electron chi connectivity index (χ4n) is 0.961. The number of aromatic nitrogens is 3. The summed E-state index contributed by atoms with van der Waals surface area (Å²) in [4.78, 5) is 35.5. The van der Waals surface area contributed by atoms with Crippen LogP contribution >= 0.6 is 0 Å². The zero-order chi connectivity index (χ0) is 14.4. The molecule has 0 saturated heterocycles. The largest absolute Gasteiger partial charge is 0.453 e. The third-order valence-electron chi connectivity index (χ3n) is 1.82. The molecule has 19 heavy (non-hydrogen) atoms. The molecule has 1 aromatic rings. The van der Waals surface area contributed by atoms with Crippen LogP contribution in [0.15, 0.2) is 0 Å². The molecule has 104 valence electrons. The molecular formula is C9H14N6O4. The van der Waals surface area contributed by atoms with Gasteiger partial charge in [0, 0.05) is 14.1 Å². The average molecular weight is 270 g/mol. The van der Waals surface area contributed by atoms with Crippen LogP contribution in [-0.2, 0) is 9.47 Å². The van der Waals surface area contributed by atoms with E-state index in [1.807, 2.05) is 0 Å². The monoisotopic (exact) mass is 270 g/mol. The fourth-order valence-corrected chi connectivity index (χ4v) is 0.961. The number of hydrogen-bond acceptors (Lipinski definition) is 8. The van der Waals surface area contributed by atoms with Crippen molar-refractivity contribution in [2.45, 2.75) is 0 Å². The highest BCUT2D eigenvalue weighted by Gasteiger charge is 2.12. The van der Waals surface area contributed by atoms with Gasteiger partial charge in [0.1, 0.15) is 0 Å². The third-order valence-corrected chi connectivity index (χ3v) is 1.82. The summed E-state index contributed by atoms with van der Waals surface area (Å²) in [5, 5.41) is 4.55. The zero-order valence-corrected chi connectivity index (χ0v) is 10.9. The van der Waals surface area contributed by atoms with Crippen molar-refractivity contribution in [1.82, 2.24) is 15.0 Å². The summed E-state index contributed by atoms with van der Waals surface area (Å²) >= 11 is 0. The number of rotatable bonds is 3. The number of hydrogen-bond donors (Lipinski definition) is 2.